The number of hydrogen-bond acceptors (Lipinski definition) is 5. The van der Waals surface area contributed by atoms with Gasteiger partial charge in [-0.05, 0) is 55.3 Å². The molecule has 0 aromatic heterocycles. The SMILES string of the molecule is CCCOc1ccc(NC(=O)C[C@@H]2SC(=Nc3ccc(C)c(F)c3)NC2=O)cc1. The molecule has 1 saturated heterocycles. The van der Waals surface area contributed by atoms with E-state index < -0.39 is 5.25 Å². The highest BCUT2D eigenvalue weighted by Crippen LogP contribution is 2.26. The van der Waals surface area contributed by atoms with E-state index in [4.69, 9.17) is 4.74 Å². The van der Waals surface area contributed by atoms with E-state index in [-0.39, 0.29) is 24.1 Å². The van der Waals surface area contributed by atoms with Gasteiger partial charge in [0.2, 0.25) is 11.8 Å². The number of nitrogens with zero attached hydrogens (tertiary/aromatic N) is 1. The minimum Gasteiger partial charge on any atom is -0.494 e. The van der Waals surface area contributed by atoms with Crippen LogP contribution in [-0.4, -0.2) is 28.8 Å². The van der Waals surface area contributed by atoms with Crippen LogP contribution in [-0.2, 0) is 9.59 Å². The minimum absolute atomic E-state index is 0.00582. The smallest absolute Gasteiger partial charge is 0.240 e. The first-order valence-electron chi connectivity index (χ1n) is 9.29. The molecule has 1 aliphatic heterocycles. The molecule has 2 aromatic carbocycles. The molecule has 0 spiro atoms. The predicted molar refractivity (Wildman–Crippen MR) is 113 cm³/mol. The van der Waals surface area contributed by atoms with Crippen LogP contribution < -0.4 is 15.4 Å². The van der Waals surface area contributed by atoms with Crippen LogP contribution in [0.15, 0.2) is 47.5 Å². The lowest BCUT2D eigenvalue weighted by molar-refractivity contribution is -0.122. The zero-order valence-electron chi connectivity index (χ0n) is 16.2. The molecule has 1 heterocycles. The summed E-state index contributed by atoms with van der Waals surface area (Å²) in [6.07, 6.45) is 0.926. The molecule has 1 atom stereocenters. The lowest BCUT2D eigenvalue weighted by Gasteiger charge is -2.09. The molecule has 0 radical (unpaired) electrons. The van der Waals surface area contributed by atoms with Crippen LogP contribution in [0.4, 0.5) is 15.8 Å². The van der Waals surface area contributed by atoms with Crippen LogP contribution >= 0.6 is 11.8 Å². The van der Waals surface area contributed by atoms with Gasteiger partial charge in [-0.25, -0.2) is 9.38 Å². The van der Waals surface area contributed by atoms with Gasteiger partial charge >= 0.3 is 0 Å². The molecule has 2 amide bonds. The second-order valence-corrected chi connectivity index (χ2v) is 7.76. The summed E-state index contributed by atoms with van der Waals surface area (Å²) < 4.78 is 19.2. The number of halogens is 1. The van der Waals surface area contributed by atoms with Crippen molar-refractivity contribution in [1.29, 1.82) is 0 Å². The van der Waals surface area contributed by atoms with E-state index in [2.05, 4.69) is 15.6 Å². The molecular weight excluding hydrogens is 393 g/mol. The molecule has 0 aliphatic carbocycles. The Hall–Kier alpha value is -2.87. The molecule has 2 N–H and O–H groups in total. The lowest BCUT2D eigenvalue weighted by Crippen LogP contribution is -2.28. The van der Waals surface area contributed by atoms with Crippen molar-refractivity contribution in [2.75, 3.05) is 11.9 Å². The highest BCUT2D eigenvalue weighted by atomic mass is 32.2. The van der Waals surface area contributed by atoms with Crippen LogP contribution in [0.1, 0.15) is 25.3 Å². The van der Waals surface area contributed by atoms with E-state index in [0.717, 1.165) is 23.9 Å². The number of carbonyl (C=O) groups is 2. The van der Waals surface area contributed by atoms with Crippen molar-refractivity contribution in [2.45, 2.75) is 31.9 Å². The maximum absolute atomic E-state index is 13.6. The minimum atomic E-state index is -0.587. The number of benzene rings is 2. The third-order valence-electron chi connectivity index (χ3n) is 4.14. The van der Waals surface area contributed by atoms with Gasteiger partial charge in [0.05, 0.1) is 12.3 Å². The van der Waals surface area contributed by atoms with Gasteiger partial charge in [-0.15, -0.1) is 0 Å². The van der Waals surface area contributed by atoms with Crippen LogP contribution in [0.3, 0.4) is 0 Å². The molecule has 3 rings (SSSR count). The van der Waals surface area contributed by atoms with Crippen LogP contribution in [0.25, 0.3) is 0 Å². The third kappa shape index (κ3) is 5.80. The van der Waals surface area contributed by atoms with Gasteiger partial charge in [0, 0.05) is 12.1 Å². The molecule has 1 aliphatic rings. The number of aryl methyl sites for hydroxylation is 1. The lowest BCUT2D eigenvalue weighted by atomic mass is 10.2. The first kappa shape index (κ1) is 20.9. The van der Waals surface area contributed by atoms with E-state index in [1.807, 2.05) is 6.92 Å². The first-order valence-corrected chi connectivity index (χ1v) is 10.2. The van der Waals surface area contributed by atoms with Crippen molar-refractivity contribution in [2.24, 2.45) is 4.99 Å². The quantitative estimate of drug-likeness (QED) is 0.711. The number of ether oxygens (including phenoxy) is 1. The van der Waals surface area contributed by atoms with E-state index in [0.29, 0.717) is 28.7 Å². The number of rotatable bonds is 7. The number of aliphatic imine (C=N–C) groups is 1. The Balaban J connectivity index is 1.56. The molecular formula is C21H22FN3O3S. The number of nitrogens with one attached hydrogen (secondary N) is 2. The molecule has 8 heteroatoms. The number of anilines is 1. The summed E-state index contributed by atoms with van der Waals surface area (Å²) in [6.45, 7) is 4.33. The van der Waals surface area contributed by atoms with Gasteiger partial charge in [-0.3, -0.25) is 9.59 Å². The molecule has 152 valence electrons. The first-order chi connectivity index (χ1) is 13.9. The molecule has 29 heavy (non-hydrogen) atoms. The van der Waals surface area contributed by atoms with Crippen molar-refractivity contribution >= 4 is 40.1 Å². The molecule has 0 bridgehead atoms. The van der Waals surface area contributed by atoms with Gasteiger partial charge in [0.25, 0.3) is 0 Å². The van der Waals surface area contributed by atoms with Gasteiger partial charge < -0.3 is 15.4 Å². The standard InChI is InChI=1S/C21H22FN3O3S/c1-3-10-28-16-8-6-14(7-9-16)23-19(26)12-18-20(27)25-21(29-18)24-15-5-4-13(2)17(22)11-15/h4-9,11,18H,3,10,12H2,1-2H3,(H,23,26)(H,24,25,27)/t18-/m0/s1. The van der Waals surface area contributed by atoms with Crippen LogP contribution in [0.2, 0.25) is 0 Å². The summed E-state index contributed by atoms with van der Waals surface area (Å²) in [5.74, 6) is -0.186. The average Bonchev–Trinajstić information content (AvgIpc) is 3.03. The van der Waals surface area contributed by atoms with Crippen LogP contribution in [0.5, 0.6) is 5.75 Å². The summed E-state index contributed by atoms with van der Waals surface area (Å²) in [4.78, 5) is 28.7. The Bertz CT molecular complexity index is 931. The highest BCUT2D eigenvalue weighted by molar-refractivity contribution is 8.15. The number of thioether (sulfide) groups is 1. The largest absolute Gasteiger partial charge is 0.494 e. The zero-order valence-corrected chi connectivity index (χ0v) is 17.0. The fraction of sp³-hybridized carbons (Fsp3) is 0.286. The van der Waals surface area contributed by atoms with Crippen molar-refractivity contribution in [1.82, 2.24) is 5.32 Å². The molecule has 0 unspecified atom stereocenters. The molecule has 6 nitrogen and oxygen atoms in total. The number of carbonyl (C=O) groups excluding carboxylic acids is 2. The number of amidine groups is 1. The topological polar surface area (TPSA) is 79.8 Å². The van der Waals surface area contributed by atoms with E-state index in [1.54, 1.807) is 43.3 Å². The summed E-state index contributed by atoms with van der Waals surface area (Å²) in [5, 5.41) is 5.18. The van der Waals surface area contributed by atoms with Crippen LogP contribution in [0, 0.1) is 12.7 Å². The highest BCUT2D eigenvalue weighted by Gasteiger charge is 2.32. The molecule has 0 saturated carbocycles. The Morgan fingerprint density at radius 3 is 2.72 bits per heavy atom. The number of hydrogen-bond donors (Lipinski definition) is 2. The zero-order chi connectivity index (χ0) is 20.8. The Kier molecular flexibility index (Phi) is 6.87. The second-order valence-electron chi connectivity index (χ2n) is 6.57. The number of amides is 2. The second kappa shape index (κ2) is 9.56. The Morgan fingerprint density at radius 1 is 1.28 bits per heavy atom. The summed E-state index contributed by atoms with van der Waals surface area (Å²) >= 11 is 1.16. The van der Waals surface area contributed by atoms with Gasteiger partial charge in [-0.1, -0.05) is 24.8 Å². The van der Waals surface area contributed by atoms with Crippen molar-refractivity contribution < 1.29 is 18.7 Å². The van der Waals surface area contributed by atoms with E-state index in [1.165, 1.54) is 6.07 Å². The van der Waals surface area contributed by atoms with E-state index in [9.17, 15) is 14.0 Å². The summed E-state index contributed by atoms with van der Waals surface area (Å²) in [6, 6.07) is 11.7. The fourth-order valence-corrected chi connectivity index (χ4v) is 3.58. The van der Waals surface area contributed by atoms with E-state index >= 15 is 0 Å². The third-order valence-corrected chi connectivity index (χ3v) is 5.23. The Morgan fingerprint density at radius 2 is 2.03 bits per heavy atom. The maximum Gasteiger partial charge on any atom is 0.240 e. The van der Waals surface area contributed by atoms with Crippen molar-refractivity contribution in [3.05, 3.63) is 53.8 Å². The molecule has 1 fully saturated rings. The van der Waals surface area contributed by atoms with Crippen molar-refractivity contribution in [3.63, 3.8) is 0 Å². The summed E-state index contributed by atoms with van der Waals surface area (Å²) in [7, 11) is 0. The van der Waals surface area contributed by atoms with Gasteiger partial charge in [0.1, 0.15) is 16.8 Å². The van der Waals surface area contributed by atoms with Gasteiger partial charge in [-0.2, -0.15) is 0 Å². The normalized spacial score (nSPS) is 17.3. The Labute approximate surface area is 172 Å². The van der Waals surface area contributed by atoms with Crippen molar-refractivity contribution in [3.8, 4) is 5.75 Å². The molecule has 2 aromatic rings. The fourth-order valence-electron chi connectivity index (χ4n) is 2.60. The average molecular weight is 415 g/mol. The monoisotopic (exact) mass is 415 g/mol. The van der Waals surface area contributed by atoms with Gasteiger partial charge in [0.15, 0.2) is 5.17 Å². The predicted octanol–water partition coefficient (Wildman–Crippen LogP) is 4.17. The summed E-state index contributed by atoms with van der Waals surface area (Å²) in [5.41, 5.74) is 1.56. The maximum atomic E-state index is 13.6.